The summed E-state index contributed by atoms with van der Waals surface area (Å²) >= 11 is 6.29. The lowest BCUT2D eigenvalue weighted by Gasteiger charge is -2.38. The second-order valence-electron chi connectivity index (χ2n) is 6.37. The summed E-state index contributed by atoms with van der Waals surface area (Å²) in [5.41, 5.74) is 1.08. The molecule has 0 atom stereocenters. The van der Waals surface area contributed by atoms with Gasteiger partial charge in [-0.15, -0.1) is 24.0 Å². The molecule has 1 aliphatic heterocycles. The number of guanidine groups is 1. The van der Waals surface area contributed by atoms with Crippen LogP contribution in [-0.4, -0.2) is 62.6 Å². The summed E-state index contributed by atoms with van der Waals surface area (Å²) in [6.45, 7) is 8.00. The fourth-order valence-corrected chi connectivity index (χ4v) is 3.14. The van der Waals surface area contributed by atoms with Gasteiger partial charge < -0.3 is 20.4 Å². The summed E-state index contributed by atoms with van der Waals surface area (Å²) in [6.07, 6.45) is 0.441. The minimum absolute atomic E-state index is 0. The normalized spacial score (nSPS) is 14.9. The average molecular weight is 494 g/mol. The molecule has 8 heteroatoms. The Morgan fingerprint density at radius 2 is 1.88 bits per heavy atom. The number of carbonyl (C=O) groups excluding carboxylic acids is 1. The Morgan fingerprint density at radius 1 is 1.23 bits per heavy atom. The van der Waals surface area contributed by atoms with Gasteiger partial charge in [0.2, 0.25) is 5.91 Å². The van der Waals surface area contributed by atoms with Gasteiger partial charge in [-0.3, -0.25) is 9.79 Å². The minimum atomic E-state index is 0. The predicted octanol–water partition coefficient (Wildman–Crippen LogP) is 2.57. The molecule has 0 spiro atoms. The number of nitrogens with one attached hydrogen (secondary N) is 2. The number of nitrogens with zero attached hydrogens (tertiary/aromatic N) is 3. The number of anilines is 1. The Kier molecular flexibility index (Phi) is 10.1. The zero-order chi connectivity index (χ0) is 18.2. The Balaban J connectivity index is 0.00000338. The van der Waals surface area contributed by atoms with E-state index in [1.807, 2.05) is 32.0 Å². The molecule has 1 aromatic carbocycles. The number of rotatable bonds is 5. The maximum absolute atomic E-state index is 11.7. The first kappa shape index (κ1) is 22.8. The second-order valence-corrected chi connectivity index (χ2v) is 6.78. The molecular formula is C18H29ClIN5O. The van der Waals surface area contributed by atoms with E-state index in [4.69, 9.17) is 11.6 Å². The SMILES string of the molecule is CN=C(NCCC(=O)NC(C)C)N1CCN(c2ccccc2Cl)CC1.I. The van der Waals surface area contributed by atoms with Gasteiger partial charge in [0.1, 0.15) is 0 Å². The predicted molar refractivity (Wildman–Crippen MR) is 120 cm³/mol. The second kappa shape index (κ2) is 11.5. The van der Waals surface area contributed by atoms with Crippen molar-refractivity contribution in [3.8, 4) is 0 Å². The van der Waals surface area contributed by atoms with Gasteiger partial charge in [-0.25, -0.2) is 0 Å². The summed E-state index contributed by atoms with van der Waals surface area (Å²) < 4.78 is 0. The van der Waals surface area contributed by atoms with Gasteiger partial charge in [-0.05, 0) is 26.0 Å². The van der Waals surface area contributed by atoms with E-state index in [0.29, 0.717) is 13.0 Å². The third-order valence-corrected chi connectivity index (χ3v) is 4.39. The Labute approximate surface area is 178 Å². The van der Waals surface area contributed by atoms with Crippen molar-refractivity contribution in [3.63, 3.8) is 0 Å². The summed E-state index contributed by atoms with van der Waals surface area (Å²) in [5.74, 6) is 0.901. The standard InChI is InChI=1S/C18H28ClN5O.HI/c1-14(2)22-17(25)8-9-21-18(20-3)24-12-10-23(11-13-24)16-7-5-4-6-15(16)19;/h4-7,14H,8-13H2,1-3H3,(H,20,21)(H,22,25);1H. The molecule has 0 aromatic heterocycles. The highest BCUT2D eigenvalue weighted by molar-refractivity contribution is 14.0. The summed E-state index contributed by atoms with van der Waals surface area (Å²) in [6, 6.07) is 8.11. The van der Waals surface area contributed by atoms with E-state index in [1.54, 1.807) is 7.05 Å². The van der Waals surface area contributed by atoms with Crippen LogP contribution in [0.25, 0.3) is 0 Å². The van der Waals surface area contributed by atoms with E-state index in [-0.39, 0.29) is 35.9 Å². The fraction of sp³-hybridized carbons (Fsp3) is 0.556. The summed E-state index contributed by atoms with van der Waals surface area (Å²) in [7, 11) is 1.77. The molecule has 2 rings (SSSR count). The number of aliphatic imine (C=N–C) groups is 1. The van der Waals surface area contributed by atoms with Crippen molar-refractivity contribution in [1.82, 2.24) is 15.5 Å². The van der Waals surface area contributed by atoms with E-state index in [1.165, 1.54) is 0 Å². The van der Waals surface area contributed by atoms with Crippen molar-refractivity contribution in [2.24, 2.45) is 4.99 Å². The number of hydrogen-bond acceptors (Lipinski definition) is 3. The Bertz CT molecular complexity index is 603. The lowest BCUT2D eigenvalue weighted by Crippen LogP contribution is -2.53. The van der Waals surface area contributed by atoms with Crippen molar-refractivity contribution < 1.29 is 4.79 Å². The van der Waals surface area contributed by atoms with Crippen LogP contribution < -0.4 is 15.5 Å². The maximum atomic E-state index is 11.7. The number of piperazine rings is 1. The quantitative estimate of drug-likeness (QED) is 0.376. The monoisotopic (exact) mass is 493 g/mol. The van der Waals surface area contributed by atoms with Crippen LogP contribution in [0.4, 0.5) is 5.69 Å². The molecule has 0 aliphatic carbocycles. The third kappa shape index (κ3) is 6.83. The van der Waals surface area contributed by atoms with Gasteiger partial charge in [0, 0.05) is 52.2 Å². The van der Waals surface area contributed by atoms with Crippen LogP contribution in [0.2, 0.25) is 5.02 Å². The molecule has 0 bridgehead atoms. The molecule has 146 valence electrons. The molecule has 1 fully saturated rings. The van der Waals surface area contributed by atoms with Gasteiger partial charge in [-0.2, -0.15) is 0 Å². The fourth-order valence-electron chi connectivity index (χ4n) is 2.88. The first-order valence-corrected chi connectivity index (χ1v) is 9.13. The van der Waals surface area contributed by atoms with Crippen molar-refractivity contribution >= 4 is 53.1 Å². The van der Waals surface area contributed by atoms with E-state index in [0.717, 1.165) is 42.8 Å². The number of amides is 1. The molecule has 1 aliphatic rings. The molecule has 0 saturated carbocycles. The van der Waals surface area contributed by atoms with Crippen molar-refractivity contribution in [3.05, 3.63) is 29.3 Å². The van der Waals surface area contributed by atoms with E-state index in [9.17, 15) is 4.79 Å². The highest BCUT2D eigenvalue weighted by Gasteiger charge is 2.21. The first-order chi connectivity index (χ1) is 12.0. The minimum Gasteiger partial charge on any atom is -0.367 e. The van der Waals surface area contributed by atoms with Gasteiger partial charge in [0.15, 0.2) is 5.96 Å². The average Bonchev–Trinajstić information content (AvgIpc) is 2.59. The van der Waals surface area contributed by atoms with Gasteiger partial charge in [0.05, 0.1) is 10.7 Å². The number of benzene rings is 1. The number of para-hydroxylation sites is 1. The van der Waals surface area contributed by atoms with Gasteiger partial charge >= 0.3 is 0 Å². The molecular weight excluding hydrogens is 465 g/mol. The Hall–Kier alpha value is -1.22. The van der Waals surface area contributed by atoms with Crippen LogP contribution in [-0.2, 0) is 4.79 Å². The van der Waals surface area contributed by atoms with Crippen molar-refractivity contribution in [2.75, 3.05) is 44.7 Å². The highest BCUT2D eigenvalue weighted by Crippen LogP contribution is 2.25. The zero-order valence-electron chi connectivity index (χ0n) is 15.7. The smallest absolute Gasteiger partial charge is 0.221 e. The molecule has 6 nitrogen and oxygen atoms in total. The van der Waals surface area contributed by atoms with E-state index in [2.05, 4.69) is 31.5 Å². The molecule has 1 amide bonds. The molecule has 0 radical (unpaired) electrons. The van der Waals surface area contributed by atoms with Crippen LogP contribution >= 0.6 is 35.6 Å². The van der Waals surface area contributed by atoms with Crippen LogP contribution in [0.3, 0.4) is 0 Å². The van der Waals surface area contributed by atoms with Crippen LogP contribution in [0, 0.1) is 0 Å². The van der Waals surface area contributed by atoms with E-state index < -0.39 is 0 Å². The molecule has 26 heavy (non-hydrogen) atoms. The first-order valence-electron chi connectivity index (χ1n) is 8.75. The lowest BCUT2D eigenvalue weighted by molar-refractivity contribution is -0.121. The summed E-state index contributed by atoms with van der Waals surface area (Å²) in [5, 5.41) is 6.96. The lowest BCUT2D eigenvalue weighted by atomic mass is 10.2. The zero-order valence-corrected chi connectivity index (χ0v) is 18.8. The molecule has 1 aromatic rings. The van der Waals surface area contributed by atoms with Crippen LogP contribution in [0.1, 0.15) is 20.3 Å². The molecule has 1 heterocycles. The maximum Gasteiger partial charge on any atom is 0.221 e. The number of halogens is 2. The molecule has 0 unspecified atom stereocenters. The topological polar surface area (TPSA) is 60.0 Å². The van der Waals surface area contributed by atoms with Crippen LogP contribution in [0.15, 0.2) is 29.3 Å². The third-order valence-electron chi connectivity index (χ3n) is 4.07. The largest absolute Gasteiger partial charge is 0.367 e. The van der Waals surface area contributed by atoms with Gasteiger partial charge in [0.25, 0.3) is 0 Å². The summed E-state index contributed by atoms with van der Waals surface area (Å²) in [4.78, 5) is 20.6. The van der Waals surface area contributed by atoms with Crippen LogP contribution in [0.5, 0.6) is 0 Å². The van der Waals surface area contributed by atoms with Crippen molar-refractivity contribution in [1.29, 1.82) is 0 Å². The van der Waals surface area contributed by atoms with Crippen molar-refractivity contribution in [2.45, 2.75) is 26.3 Å². The highest BCUT2D eigenvalue weighted by atomic mass is 127. The molecule has 2 N–H and O–H groups in total. The van der Waals surface area contributed by atoms with E-state index >= 15 is 0 Å². The number of hydrogen-bond donors (Lipinski definition) is 2. The number of carbonyl (C=O) groups is 1. The van der Waals surface area contributed by atoms with Gasteiger partial charge in [-0.1, -0.05) is 23.7 Å². The Morgan fingerprint density at radius 3 is 2.46 bits per heavy atom. The molecule has 1 saturated heterocycles.